The van der Waals surface area contributed by atoms with Gasteiger partial charge in [-0.25, -0.2) is 0 Å². The van der Waals surface area contributed by atoms with Crippen LogP contribution in [0.1, 0.15) is 12.8 Å². The Kier molecular flexibility index (Phi) is 5.79. The minimum Gasteiger partial charge on any atom is -0.392 e. The second-order valence-electron chi connectivity index (χ2n) is 7.16. The maximum absolute atomic E-state index is 13.8. The SMILES string of the molecule is COCCOCC1(C(=O)C2C(=O)C3=CCC(C3)C2O)NC=CC=C1C(F)(F)F. The van der Waals surface area contributed by atoms with E-state index in [1.807, 2.05) is 0 Å². The molecule has 2 aliphatic carbocycles. The van der Waals surface area contributed by atoms with Gasteiger partial charge < -0.3 is 19.9 Å². The monoisotopic (exact) mass is 401 g/mol. The molecule has 0 aromatic heterocycles. The van der Waals surface area contributed by atoms with Crippen molar-refractivity contribution in [3.05, 3.63) is 35.6 Å². The quantitative estimate of drug-likeness (QED) is 0.496. The van der Waals surface area contributed by atoms with Crippen LogP contribution in [0.3, 0.4) is 0 Å². The van der Waals surface area contributed by atoms with Crippen molar-refractivity contribution in [2.24, 2.45) is 11.8 Å². The fraction of sp³-hybridized carbons (Fsp3) is 0.579. The van der Waals surface area contributed by atoms with Gasteiger partial charge in [0.25, 0.3) is 0 Å². The van der Waals surface area contributed by atoms with E-state index in [9.17, 15) is 27.9 Å². The fourth-order valence-corrected chi connectivity index (χ4v) is 4.02. The van der Waals surface area contributed by atoms with Gasteiger partial charge in [0.05, 0.1) is 31.5 Å². The fourth-order valence-electron chi connectivity index (χ4n) is 4.02. The van der Waals surface area contributed by atoms with Crippen LogP contribution in [0, 0.1) is 11.8 Å². The van der Waals surface area contributed by atoms with E-state index in [0.717, 1.165) is 12.2 Å². The zero-order valence-corrected chi connectivity index (χ0v) is 15.3. The number of carbonyl (C=O) groups is 2. The smallest absolute Gasteiger partial charge is 0.392 e. The van der Waals surface area contributed by atoms with Crippen LogP contribution in [0.2, 0.25) is 0 Å². The number of hydrogen-bond acceptors (Lipinski definition) is 6. The van der Waals surface area contributed by atoms with Gasteiger partial charge in [-0.3, -0.25) is 9.59 Å². The van der Waals surface area contributed by atoms with Crippen molar-refractivity contribution in [2.75, 3.05) is 26.9 Å². The van der Waals surface area contributed by atoms with Gasteiger partial charge in [-0.1, -0.05) is 6.08 Å². The average molecular weight is 401 g/mol. The van der Waals surface area contributed by atoms with E-state index in [2.05, 4.69) is 5.32 Å². The van der Waals surface area contributed by atoms with Crippen molar-refractivity contribution in [3.8, 4) is 0 Å². The van der Waals surface area contributed by atoms with E-state index in [-0.39, 0.29) is 19.1 Å². The molecular formula is C19H22F3NO5. The van der Waals surface area contributed by atoms with Crippen LogP contribution in [0.25, 0.3) is 0 Å². The van der Waals surface area contributed by atoms with Gasteiger partial charge in [0.2, 0.25) is 0 Å². The number of Topliss-reactive ketones (excluding diaryl/α,β-unsaturated/α-hetero) is 2. The molecule has 28 heavy (non-hydrogen) atoms. The molecule has 3 rings (SSSR count). The highest BCUT2D eigenvalue weighted by Crippen LogP contribution is 2.43. The highest BCUT2D eigenvalue weighted by atomic mass is 19.4. The number of aliphatic hydroxyl groups excluding tert-OH is 1. The number of fused-ring (bicyclic) bond motifs is 2. The number of dihydropyridines is 1. The molecule has 0 amide bonds. The Bertz CT molecular complexity index is 742. The third kappa shape index (κ3) is 3.54. The molecule has 0 radical (unpaired) electrons. The van der Waals surface area contributed by atoms with Crippen molar-refractivity contribution >= 4 is 11.6 Å². The van der Waals surface area contributed by atoms with Crippen LogP contribution in [0.15, 0.2) is 35.6 Å². The summed E-state index contributed by atoms with van der Waals surface area (Å²) in [5, 5.41) is 13.0. The third-order valence-corrected chi connectivity index (χ3v) is 5.48. The van der Waals surface area contributed by atoms with Gasteiger partial charge in [-0.15, -0.1) is 0 Å². The predicted octanol–water partition coefficient (Wildman–Crippen LogP) is 1.46. The normalized spacial score (nSPS) is 32.0. The van der Waals surface area contributed by atoms with E-state index in [4.69, 9.17) is 9.47 Å². The van der Waals surface area contributed by atoms with Crippen molar-refractivity contribution in [2.45, 2.75) is 30.7 Å². The zero-order chi connectivity index (χ0) is 20.5. The molecule has 154 valence electrons. The Morgan fingerprint density at radius 3 is 2.82 bits per heavy atom. The van der Waals surface area contributed by atoms with Crippen LogP contribution in [-0.4, -0.2) is 61.4 Å². The van der Waals surface area contributed by atoms with Crippen molar-refractivity contribution in [3.63, 3.8) is 0 Å². The summed E-state index contributed by atoms with van der Waals surface area (Å²) >= 11 is 0. The molecule has 3 aliphatic rings. The summed E-state index contributed by atoms with van der Waals surface area (Å²) in [6.45, 7) is -0.548. The predicted molar refractivity (Wildman–Crippen MR) is 92.2 cm³/mol. The Morgan fingerprint density at radius 2 is 2.14 bits per heavy atom. The van der Waals surface area contributed by atoms with Crippen LogP contribution >= 0.6 is 0 Å². The molecule has 2 bridgehead atoms. The lowest BCUT2D eigenvalue weighted by atomic mass is 9.69. The number of alkyl halides is 3. The van der Waals surface area contributed by atoms with Gasteiger partial charge in [-0.2, -0.15) is 13.2 Å². The molecule has 0 saturated heterocycles. The van der Waals surface area contributed by atoms with E-state index < -0.39 is 47.5 Å². The molecule has 1 heterocycles. The van der Waals surface area contributed by atoms with Gasteiger partial charge in [0.1, 0.15) is 5.92 Å². The molecule has 4 unspecified atom stereocenters. The molecule has 1 saturated carbocycles. The molecule has 1 fully saturated rings. The van der Waals surface area contributed by atoms with Crippen LogP contribution in [-0.2, 0) is 19.1 Å². The van der Waals surface area contributed by atoms with E-state index in [0.29, 0.717) is 18.4 Å². The van der Waals surface area contributed by atoms with Gasteiger partial charge >= 0.3 is 6.18 Å². The molecule has 0 aromatic rings. The second kappa shape index (κ2) is 7.81. The minimum absolute atomic E-state index is 0.0307. The topological polar surface area (TPSA) is 84.9 Å². The van der Waals surface area contributed by atoms with Crippen molar-refractivity contribution in [1.82, 2.24) is 5.32 Å². The highest BCUT2D eigenvalue weighted by Gasteiger charge is 2.59. The first-order chi connectivity index (χ1) is 13.2. The number of allylic oxidation sites excluding steroid dienone is 4. The Morgan fingerprint density at radius 1 is 1.39 bits per heavy atom. The number of ether oxygens (including phenoxy) is 2. The summed E-state index contributed by atoms with van der Waals surface area (Å²) in [4.78, 5) is 26.1. The molecule has 9 heteroatoms. The number of aliphatic hydroxyl groups is 1. The molecule has 1 aliphatic heterocycles. The summed E-state index contributed by atoms with van der Waals surface area (Å²) in [5.74, 6) is -3.55. The van der Waals surface area contributed by atoms with Gasteiger partial charge in [0.15, 0.2) is 17.1 Å². The second-order valence-corrected chi connectivity index (χ2v) is 7.16. The molecular weight excluding hydrogens is 379 g/mol. The summed E-state index contributed by atoms with van der Waals surface area (Å²) in [5.41, 5.74) is -3.08. The van der Waals surface area contributed by atoms with E-state index in [1.165, 1.54) is 13.3 Å². The van der Waals surface area contributed by atoms with Crippen molar-refractivity contribution < 1.29 is 37.3 Å². The summed E-state index contributed by atoms with van der Waals surface area (Å²) in [6.07, 6.45) is -0.606. The number of carbonyl (C=O) groups excluding carboxylic acids is 2. The van der Waals surface area contributed by atoms with Gasteiger partial charge in [-0.05, 0) is 42.7 Å². The van der Waals surface area contributed by atoms with E-state index >= 15 is 0 Å². The summed E-state index contributed by atoms with van der Waals surface area (Å²) in [7, 11) is 1.41. The highest BCUT2D eigenvalue weighted by molar-refractivity contribution is 6.15. The number of halogens is 3. The molecule has 2 N–H and O–H groups in total. The number of hydrogen-bond donors (Lipinski definition) is 2. The summed E-state index contributed by atoms with van der Waals surface area (Å²) < 4.78 is 51.4. The number of nitrogens with one attached hydrogen (secondary N) is 1. The Labute approximate surface area is 160 Å². The van der Waals surface area contributed by atoms with E-state index in [1.54, 1.807) is 6.08 Å². The number of ketones is 2. The lowest BCUT2D eigenvalue weighted by molar-refractivity contribution is -0.149. The molecule has 4 atom stereocenters. The molecule has 0 spiro atoms. The van der Waals surface area contributed by atoms with Crippen LogP contribution in [0.5, 0.6) is 0 Å². The van der Waals surface area contributed by atoms with Gasteiger partial charge in [0, 0.05) is 7.11 Å². The average Bonchev–Trinajstić information content (AvgIpc) is 3.10. The first-order valence-corrected chi connectivity index (χ1v) is 8.97. The standard InChI is InChI=1S/C19H22F3NO5/c1-27-7-8-28-10-18(13(19(20,21)22)3-2-6-23-18)17(26)14-15(24)11-4-5-12(9-11)16(14)25/h2-4,6,12,14,16,23,25H,5,7-10H2,1H3. The lowest BCUT2D eigenvalue weighted by Gasteiger charge is -2.41. The lowest BCUT2D eigenvalue weighted by Crippen LogP contribution is -2.63. The van der Waals surface area contributed by atoms with Crippen LogP contribution < -0.4 is 5.32 Å². The minimum atomic E-state index is -4.83. The maximum atomic E-state index is 13.8. The third-order valence-electron chi connectivity index (χ3n) is 5.48. The molecule has 0 aromatic carbocycles. The largest absolute Gasteiger partial charge is 0.415 e. The molecule has 6 nitrogen and oxygen atoms in total. The Hall–Kier alpha value is -1.97. The summed E-state index contributed by atoms with van der Waals surface area (Å²) in [6, 6.07) is 0. The number of rotatable bonds is 7. The zero-order valence-electron chi connectivity index (χ0n) is 15.3. The Balaban J connectivity index is 1.98. The first-order valence-electron chi connectivity index (χ1n) is 8.97. The van der Waals surface area contributed by atoms with Crippen LogP contribution in [0.4, 0.5) is 13.2 Å². The first kappa shape index (κ1) is 20.8. The number of methoxy groups -OCH3 is 1. The maximum Gasteiger partial charge on any atom is 0.415 e. The van der Waals surface area contributed by atoms with Crippen molar-refractivity contribution in [1.29, 1.82) is 0 Å².